The third-order valence-corrected chi connectivity index (χ3v) is 2.80. The first-order chi connectivity index (χ1) is 8.29. The lowest BCUT2D eigenvalue weighted by Gasteiger charge is -2.09. The molecule has 0 amide bonds. The number of rotatable bonds is 5. The summed E-state index contributed by atoms with van der Waals surface area (Å²) in [6, 6.07) is 6.01. The van der Waals surface area contributed by atoms with Gasteiger partial charge in [-0.15, -0.1) is 10.2 Å². The average Bonchev–Trinajstić information content (AvgIpc) is 2.83. The molecule has 0 fully saturated rings. The van der Waals surface area contributed by atoms with E-state index in [1.807, 2.05) is 25.1 Å². The summed E-state index contributed by atoms with van der Waals surface area (Å²) in [5.41, 5.74) is 4.30. The fourth-order valence-electron chi connectivity index (χ4n) is 1.39. The maximum atomic E-state index is 5.45. The molecule has 17 heavy (non-hydrogen) atoms. The zero-order valence-corrected chi connectivity index (χ0v) is 11.0. The standard InChI is InChI=1S/C11H13BrN4O/c1-2-17-11-4-3-9(5-10(11)12)6-15-16-7-13-14-8-16/h3-5,7-8,15H,2,6H2,1H3. The van der Waals surface area contributed by atoms with Crippen molar-refractivity contribution in [2.24, 2.45) is 0 Å². The molecule has 0 spiro atoms. The molecule has 2 aromatic rings. The van der Waals surface area contributed by atoms with Crippen molar-refractivity contribution in [1.29, 1.82) is 0 Å². The molecule has 1 heterocycles. The molecule has 1 aromatic carbocycles. The number of halogens is 1. The van der Waals surface area contributed by atoms with E-state index in [1.54, 1.807) is 17.3 Å². The van der Waals surface area contributed by atoms with Crippen molar-refractivity contribution < 1.29 is 4.74 Å². The van der Waals surface area contributed by atoms with Gasteiger partial charge in [0.2, 0.25) is 0 Å². The summed E-state index contributed by atoms with van der Waals surface area (Å²) in [7, 11) is 0. The number of ether oxygens (including phenoxy) is 1. The molecule has 0 saturated heterocycles. The van der Waals surface area contributed by atoms with Crippen LogP contribution in [-0.2, 0) is 6.54 Å². The van der Waals surface area contributed by atoms with Gasteiger partial charge in [0.05, 0.1) is 17.6 Å². The highest BCUT2D eigenvalue weighted by atomic mass is 79.9. The van der Waals surface area contributed by atoms with Gasteiger partial charge < -0.3 is 10.2 Å². The Balaban J connectivity index is 2.00. The van der Waals surface area contributed by atoms with Crippen molar-refractivity contribution in [1.82, 2.24) is 14.9 Å². The van der Waals surface area contributed by atoms with Crippen molar-refractivity contribution in [3.63, 3.8) is 0 Å². The summed E-state index contributed by atoms with van der Waals surface area (Å²) in [6.07, 6.45) is 3.23. The highest BCUT2D eigenvalue weighted by Gasteiger charge is 2.02. The first kappa shape index (κ1) is 11.9. The van der Waals surface area contributed by atoms with Crippen LogP contribution in [0.4, 0.5) is 0 Å². The lowest BCUT2D eigenvalue weighted by molar-refractivity contribution is 0.338. The molecule has 0 saturated carbocycles. The van der Waals surface area contributed by atoms with Gasteiger partial charge in [-0.1, -0.05) is 6.07 Å². The quantitative estimate of drug-likeness (QED) is 0.919. The third kappa shape index (κ3) is 3.20. The van der Waals surface area contributed by atoms with Crippen LogP contribution in [0.3, 0.4) is 0 Å². The Labute approximate surface area is 108 Å². The molecule has 0 unspecified atom stereocenters. The maximum Gasteiger partial charge on any atom is 0.138 e. The molecule has 0 aliphatic carbocycles. The summed E-state index contributed by atoms with van der Waals surface area (Å²) in [5.74, 6) is 0.862. The van der Waals surface area contributed by atoms with Crippen LogP contribution in [0.5, 0.6) is 5.75 Å². The summed E-state index contributed by atoms with van der Waals surface area (Å²) < 4.78 is 8.12. The first-order valence-corrected chi connectivity index (χ1v) is 6.08. The van der Waals surface area contributed by atoms with Gasteiger partial charge in [-0.25, -0.2) is 4.68 Å². The van der Waals surface area contributed by atoms with Crippen LogP contribution in [0.2, 0.25) is 0 Å². The smallest absolute Gasteiger partial charge is 0.138 e. The van der Waals surface area contributed by atoms with Crippen LogP contribution >= 0.6 is 15.9 Å². The average molecular weight is 297 g/mol. The van der Waals surface area contributed by atoms with Crippen LogP contribution in [-0.4, -0.2) is 21.5 Å². The minimum Gasteiger partial charge on any atom is -0.493 e. The monoisotopic (exact) mass is 296 g/mol. The fraction of sp³-hybridized carbons (Fsp3) is 0.273. The Morgan fingerprint density at radius 3 is 2.76 bits per heavy atom. The zero-order chi connectivity index (χ0) is 12.1. The van der Waals surface area contributed by atoms with E-state index in [-0.39, 0.29) is 0 Å². The minimum atomic E-state index is 0.664. The van der Waals surface area contributed by atoms with Crippen molar-refractivity contribution in [3.8, 4) is 5.75 Å². The number of nitrogens with zero attached hydrogens (tertiary/aromatic N) is 3. The predicted molar refractivity (Wildman–Crippen MR) is 68.4 cm³/mol. The minimum absolute atomic E-state index is 0.664. The van der Waals surface area contributed by atoms with Crippen LogP contribution in [0.1, 0.15) is 12.5 Å². The third-order valence-electron chi connectivity index (χ3n) is 2.18. The van der Waals surface area contributed by atoms with Gasteiger partial charge in [-0.05, 0) is 40.5 Å². The molecule has 2 rings (SSSR count). The summed E-state index contributed by atoms with van der Waals surface area (Å²) in [5, 5.41) is 7.42. The molecule has 6 heteroatoms. The SMILES string of the molecule is CCOc1ccc(CNn2cnnc2)cc1Br. The van der Waals surface area contributed by atoms with Gasteiger partial charge in [0.1, 0.15) is 18.4 Å². The number of benzene rings is 1. The van der Waals surface area contributed by atoms with E-state index in [2.05, 4.69) is 31.6 Å². The Bertz CT molecular complexity index is 472. The fourth-order valence-corrected chi connectivity index (χ4v) is 1.93. The molecule has 0 aliphatic heterocycles. The Morgan fingerprint density at radius 1 is 1.35 bits per heavy atom. The van der Waals surface area contributed by atoms with Crippen molar-refractivity contribution >= 4 is 15.9 Å². The molecular weight excluding hydrogens is 284 g/mol. The number of hydrogen-bond donors (Lipinski definition) is 1. The Hall–Kier alpha value is -1.56. The summed E-state index contributed by atoms with van der Waals surface area (Å²) in [4.78, 5) is 0. The maximum absolute atomic E-state index is 5.45. The van der Waals surface area contributed by atoms with Crippen LogP contribution in [0, 0.1) is 0 Å². The van der Waals surface area contributed by atoms with E-state index in [4.69, 9.17) is 4.74 Å². The second-order valence-electron chi connectivity index (χ2n) is 3.40. The van der Waals surface area contributed by atoms with Gasteiger partial charge in [0.15, 0.2) is 0 Å². The second-order valence-corrected chi connectivity index (χ2v) is 4.26. The predicted octanol–water partition coefficient (Wildman–Crippen LogP) is 2.18. The van der Waals surface area contributed by atoms with Crippen molar-refractivity contribution in [3.05, 3.63) is 40.9 Å². The zero-order valence-electron chi connectivity index (χ0n) is 9.43. The molecule has 0 aliphatic rings. The van der Waals surface area contributed by atoms with Crippen molar-refractivity contribution in [2.75, 3.05) is 12.0 Å². The molecule has 1 aromatic heterocycles. The molecule has 0 bridgehead atoms. The van der Waals surface area contributed by atoms with Gasteiger partial charge in [-0.3, -0.25) is 0 Å². The number of aromatic nitrogens is 3. The Kier molecular flexibility index (Phi) is 3.98. The highest BCUT2D eigenvalue weighted by Crippen LogP contribution is 2.25. The first-order valence-electron chi connectivity index (χ1n) is 5.29. The molecule has 0 atom stereocenters. The van der Waals surface area contributed by atoms with E-state index in [0.717, 1.165) is 15.8 Å². The van der Waals surface area contributed by atoms with E-state index >= 15 is 0 Å². The molecule has 0 radical (unpaired) electrons. The summed E-state index contributed by atoms with van der Waals surface area (Å²) >= 11 is 3.48. The number of nitrogens with one attached hydrogen (secondary N) is 1. The number of hydrogen-bond acceptors (Lipinski definition) is 4. The van der Waals surface area contributed by atoms with Crippen LogP contribution in [0.15, 0.2) is 35.3 Å². The lowest BCUT2D eigenvalue weighted by Crippen LogP contribution is -2.12. The molecular formula is C11H13BrN4O. The normalized spacial score (nSPS) is 10.2. The summed E-state index contributed by atoms with van der Waals surface area (Å²) in [6.45, 7) is 3.33. The molecule has 1 N–H and O–H groups in total. The topological polar surface area (TPSA) is 52.0 Å². The second kappa shape index (κ2) is 5.67. The van der Waals surface area contributed by atoms with Crippen LogP contribution < -0.4 is 10.2 Å². The molecule has 5 nitrogen and oxygen atoms in total. The van der Waals surface area contributed by atoms with Crippen molar-refractivity contribution in [2.45, 2.75) is 13.5 Å². The van der Waals surface area contributed by atoms with Gasteiger partial charge in [0, 0.05) is 0 Å². The molecule has 90 valence electrons. The van der Waals surface area contributed by atoms with Gasteiger partial charge in [0.25, 0.3) is 0 Å². The largest absolute Gasteiger partial charge is 0.493 e. The van der Waals surface area contributed by atoms with Gasteiger partial charge >= 0.3 is 0 Å². The Morgan fingerprint density at radius 2 is 2.12 bits per heavy atom. The lowest BCUT2D eigenvalue weighted by atomic mass is 10.2. The van der Waals surface area contributed by atoms with Crippen LogP contribution in [0.25, 0.3) is 0 Å². The van der Waals surface area contributed by atoms with E-state index in [0.29, 0.717) is 13.2 Å². The highest BCUT2D eigenvalue weighted by molar-refractivity contribution is 9.10. The van der Waals surface area contributed by atoms with E-state index in [9.17, 15) is 0 Å². The van der Waals surface area contributed by atoms with Gasteiger partial charge in [-0.2, -0.15) is 0 Å². The van der Waals surface area contributed by atoms with E-state index < -0.39 is 0 Å². The van der Waals surface area contributed by atoms with E-state index in [1.165, 1.54) is 0 Å².